The number of pyridine rings is 1. The highest BCUT2D eigenvalue weighted by atomic mass is 16.5. The van der Waals surface area contributed by atoms with Gasteiger partial charge in [-0.05, 0) is 75.3 Å². The molecule has 5 heteroatoms. The van der Waals surface area contributed by atoms with Crippen LogP contribution in [0.5, 0.6) is 11.6 Å². The van der Waals surface area contributed by atoms with Crippen molar-refractivity contribution >= 4 is 11.2 Å². The molecule has 0 unspecified atom stereocenters. The smallest absolute Gasteiger partial charge is 0.257 e. The number of fused-ring (bicyclic) bond motifs is 1. The van der Waals surface area contributed by atoms with Crippen LogP contribution in [-0.2, 0) is 0 Å². The summed E-state index contributed by atoms with van der Waals surface area (Å²) in [5.74, 6) is 1.60. The predicted octanol–water partition coefficient (Wildman–Crippen LogP) is 5.07. The minimum absolute atomic E-state index is 0.628. The fraction of sp³-hybridized carbons (Fsp3) is 0.458. The van der Waals surface area contributed by atoms with Gasteiger partial charge in [0.25, 0.3) is 5.88 Å². The molecule has 0 bridgehead atoms. The molecule has 5 rings (SSSR count). The molecule has 5 nitrogen and oxygen atoms in total. The van der Waals surface area contributed by atoms with E-state index in [0.29, 0.717) is 12.1 Å². The molecule has 2 aliphatic carbocycles. The van der Waals surface area contributed by atoms with Gasteiger partial charge in [0.2, 0.25) is 0 Å². The van der Waals surface area contributed by atoms with Crippen molar-refractivity contribution in [3.8, 4) is 22.9 Å². The highest BCUT2D eigenvalue weighted by molar-refractivity contribution is 5.86. The van der Waals surface area contributed by atoms with E-state index in [9.17, 15) is 0 Å². The van der Waals surface area contributed by atoms with E-state index in [1.165, 1.54) is 48.1 Å². The van der Waals surface area contributed by atoms with Crippen LogP contribution in [0.25, 0.3) is 16.8 Å². The summed E-state index contributed by atoms with van der Waals surface area (Å²) in [7, 11) is 3.47. The predicted molar refractivity (Wildman–Crippen MR) is 116 cm³/mol. The molecule has 2 saturated carbocycles. The van der Waals surface area contributed by atoms with Gasteiger partial charge in [-0.25, -0.2) is 4.52 Å². The Morgan fingerprint density at radius 2 is 1.62 bits per heavy atom. The first-order valence-corrected chi connectivity index (χ1v) is 10.5. The maximum atomic E-state index is 5.81. The van der Waals surface area contributed by atoms with Gasteiger partial charge < -0.3 is 14.4 Å². The Balaban J connectivity index is 1.79. The number of aromatic nitrogens is 2. The number of hydrogen-bond acceptors (Lipinski definition) is 4. The Bertz CT molecular complexity index is 1080. The van der Waals surface area contributed by atoms with Gasteiger partial charge in [-0.1, -0.05) is 12.1 Å². The molecule has 0 aliphatic heterocycles. The van der Waals surface area contributed by atoms with E-state index in [0.717, 1.165) is 28.4 Å². The van der Waals surface area contributed by atoms with E-state index < -0.39 is 0 Å². The maximum Gasteiger partial charge on any atom is 0.257 e. The summed E-state index contributed by atoms with van der Waals surface area (Å²) in [5, 5.41) is 4.95. The molecule has 2 aromatic heterocycles. The van der Waals surface area contributed by atoms with Gasteiger partial charge in [0.15, 0.2) is 0 Å². The van der Waals surface area contributed by atoms with Crippen molar-refractivity contribution in [2.75, 3.05) is 19.1 Å². The summed E-state index contributed by atoms with van der Waals surface area (Å²) < 4.78 is 13.7. The minimum Gasteiger partial charge on any atom is -0.496 e. The number of nitrogens with zero attached hydrogens (tertiary/aromatic N) is 3. The van der Waals surface area contributed by atoms with Gasteiger partial charge in [-0.2, -0.15) is 0 Å². The van der Waals surface area contributed by atoms with Crippen molar-refractivity contribution in [3.05, 3.63) is 41.0 Å². The third-order valence-corrected chi connectivity index (χ3v) is 6.17. The first kappa shape index (κ1) is 18.3. The summed E-state index contributed by atoms with van der Waals surface area (Å²) in [6.07, 6.45) is 5.06. The quantitative estimate of drug-likeness (QED) is 0.588. The Labute approximate surface area is 172 Å². The molecular formula is C24H29N3O2. The van der Waals surface area contributed by atoms with Gasteiger partial charge in [0, 0.05) is 17.6 Å². The second-order valence-electron chi connectivity index (χ2n) is 8.55. The van der Waals surface area contributed by atoms with Gasteiger partial charge in [0.1, 0.15) is 11.4 Å². The molecule has 0 radical (unpaired) electrons. The Kier molecular flexibility index (Phi) is 4.23. The lowest BCUT2D eigenvalue weighted by molar-refractivity contribution is 0.394. The Morgan fingerprint density at radius 3 is 2.21 bits per heavy atom. The van der Waals surface area contributed by atoms with Crippen LogP contribution in [0, 0.1) is 20.8 Å². The molecular weight excluding hydrogens is 362 g/mol. The average Bonchev–Trinajstić information content (AvgIpc) is 3.61. The van der Waals surface area contributed by atoms with Crippen LogP contribution in [0.4, 0.5) is 5.69 Å². The zero-order valence-electron chi connectivity index (χ0n) is 18.0. The topological polar surface area (TPSA) is 39.0 Å². The van der Waals surface area contributed by atoms with Crippen LogP contribution in [0.15, 0.2) is 24.3 Å². The molecule has 3 aromatic rings. The second-order valence-corrected chi connectivity index (χ2v) is 8.55. The van der Waals surface area contributed by atoms with Crippen molar-refractivity contribution in [2.24, 2.45) is 0 Å². The van der Waals surface area contributed by atoms with Gasteiger partial charge in [0.05, 0.1) is 25.4 Å². The number of benzene rings is 1. The summed E-state index contributed by atoms with van der Waals surface area (Å²) in [4.78, 5) is 2.59. The minimum atomic E-state index is 0.628. The Hall–Kier alpha value is -2.69. The van der Waals surface area contributed by atoms with E-state index in [2.05, 4.69) is 54.5 Å². The van der Waals surface area contributed by atoms with Crippen LogP contribution < -0.4 is 14.4 Å². The van der Waals surface area contributed by atoms with Gasteiger partial charge in [-0.15, -0.1) is 5.10 Å². The molecule has 0 spiro atoms. The molecule has 0 N–H and O–H groups in total. The normalized spacial score (nSPS) is 16.3. The summed E-state index contributed by atoms with van der Waals surface area (Å²) >= 11 is 0. The molecule has 152 valence electrons. The zero-order chi connectivity index (χ0) is 20.3. The monoisotopic (exact) mass is 391 g/mol. The van der Waals surface area contributed by atoms with E-state index in [1.54, 1.807) is 14.2 Å². The molecule has 0 saturated heterocycles. The van der Waals surface area contributed by atoms with E-state index in [-0.39, 0.29) is 0 Å². The van der Waals surface area contributed by atoms with Crippen molar-refractivity contribution in [1.29, 1.82) is 0 Å². The fourth-order valence-electron chi connectivity index (χ4n) is 4.62. The lowest BCUT2D eigenvalue weighted by Gasteiger charge is -2.24. The van der Waals surface area contributed by atoms with Crippen LogP contribution in [0.3, 0.4) is 0 Å². The Morgan fingerprint density at radius 1 is 0.931 bits per heavy atom. The number of anilines is 1. The first-order valence-electron chi connectivity index (χ1n) is 10.5. The summed E-state index contributed by atoms with van der Waals surface area (Å²) in [6.45, 7) is 6.40. The summed E-state index contributed by atoms with van der Waals surface area (Å²) in [6, 6.07) is 9.90. The molecule has 2 aliphatic rings. The molecule has 29 heavy (non-hydrogen) atoms. The fourth-order valence-corrected chi connectivity index (χ4v) is 4.62. The largest absolute Gasteiger partial charge is 0.496 e. The molecule has 2 heterocycles. The van der Waals surface area contributed by atoms with Crippen molar-refractivity contribution in [1.82, 2.24) is 9.61 Å². The second kappa shape index (κ2) is 6.68. The lowest BCUT2D eigenvalue weighted by Crippen LogP contribution is -2.28. The zero-order valence-corrected chi connectivity index (χ0v) is 18.0. The molecule has 1 aromatic carbocycles. The average molecular weight is 392 g/mol. The van der Waals surface area contributed by atoms with Crippen LogP contribution in [-0.4, -0.2) is 35.9 Å². The number of rotatable bonds is 6. The van der Waals surface area contributed by atoms with E-state index in [1.807, 2.05) is 0 Å². The number of hydrogen-bond donors (Lipinski definition) is 0. The number of ether oxygens (including phenoxy) is 2. The molecule has 0 atom stereocenters. The number of methoxy groups -OCH3 is 2. The lowest BCUT2D eigenvalue weighted by atomic mass is 10.00. The van der Waals surface area contributed by atoms with E-state index >= 15 is 0 Å². The standard InChI is InChI=1S/C24H29N3O2/c1-14-12-16(3)21(20(13-14)28-4)19-11-6-15(2)22-23(24(29-5)25-27(19)22)26(17-7-8-17)18-9-10-18/h6,11-13,17-18H,7-10H2,1-5H3. The maximum absolute atomic E-state index is 5.81. The van der Waals surface area contributed by atoms with Crippen LogP contribution in [0.2, 0.25) is 0 Å². The van der Waals surface area contributed by atoms with Gasteiger partial charge >= 0.3 is 0 Å². The highest BCUT2D eigenvalue weighted by Crippen LogP contribution is 2.48. The molecule has 2 fully saturated rings. The van der Waals surface area contributed by atoms with Crippen molar-refractivity contribution in [3.63, 3.8) is 0 Å². The van der Waals surface area contributed by atoms with Crippen molar-refractivity contribution in [2.45, 2.75) is 58.5 Å². The van der Waals surface area contributed by atoms with Crippen LogP contribution in [0.1, 0.15) is 42.4 Å². The van der Waals surface area contributed by atoms with Crippen molar-refractivity contribution < 1.29 is 9.47 Å². The van der Waals surface area contributed by atoms with Gasteiger partial charge in [-0.3, -0.25) is 0 Å². The van der Waals surface area contributed by atoms with E-state index in [4.69, 9.17) is 14.6 Å². The SMILES string of the molecule is COc1cc(C)cc(C)c1-c1ccc(C)c2c(N(C3CC3)C3CC3)c(OC)nn12. The number of aryl methyl sites for hydroxylation is 3. The first-order chi connectivity index (χ1) is 14.0. The summed E-state index contributed by atoms with van der Waals surface area (Å²) in [5.41, 5.74) is 8.04. The molecule has 0 amide bonds. The van der Waals surface area contributed by atoms with Crippen LogP contribution >= 0.6 is 0 Å². The third kappa shape index (κ3) is 2.95. The highest BCUT2D eigenvalue weighted by Gasteiger charge is 2.42. The third-order valence-electron chi connectivity index (χ3n) is 6.17.